The molecule has 4 amide bonds. The molecule has 4 aromatic carbocycles. The lowest BCUT2D eigenvalue weighted by atomic mass is 9.94. The van der Waals surface area contributed by atoms with Crippen LogP contribution in [-0.4, -0.2) is 24.3 Å². The van der Waals surface area contributed by atoms with Crippen molar-refractivity contribution >= 4 is 12.1 Å². The maximum atomic E-state index is 12.0. The molecule has 0 radical (unpaired) electrons. The average molecular weight is 625 g/mol. The summed E-state index contributed by atoms with van der Waals surface area (Å²) in [4.78, 5) is 34.6. The molecule has 0 spiro atoms. The molecule has 4 N–H and O–H groups in total. The quantitative estimate of drug-likeness (QED) is 0.122. The minimum absolute atomic E-state index is 0.0568. The Kier molecular flexibility index (Phi) is 12.3. The molecular formula is C36H40N4O6. The zero-order valence-electron chi connectivity index (χ0n) is 25.7. The predicted octanol–water partition coefficient (Wildman–Crippen LogP) is 6.32. The van der Waals surface area contributed by atoms with Gasteiger partial charge in [0.2, 0.25) is 0 Å². The van der Waals surface area contributed by atoms with Crippen molar-refractivity contribution in [1.82, 2.24) is 21.6 Å². The number of urea groups is 2. The first-order chi connectivity index (χ1) is 22.6. The van der Waals surface area contributed by atoms with Gasteiger partial charge >= 0.3 is 12.1 Å². The molecule has 1 fully saturated rings. The summed E-state index contributed by atoms with van der Waals surface area (Å²) in [6.07, 6.45) is 3.85. The molecule has 0 saturated heterocycles. The van der Waals surface area contributed by atoms with Crippen molar-refractivity contribution in [3.8, 4) is 11.5 Å². The molecule has 0 bridgehead atoms. The van der Waals surface area contributed by atoms with Gasteiger partial charge in [0.15, 0.2) is 0 Å². The Labute approximate surface area is 269 Å². The van der Waals surface area contributed by atoms with E-state index in [0.29, 0.717) is 26.3 Å². The van der Waals surface area contributed by atoms with Crippen molar-refractivity contribution in [2.45, 2.75) is 64.2 Å². The first-order valence-electron chi connectivity index (χ1n) is 15.5. The van der Waals surface area contributed by atoms with Crippen molar-refractivity contribution < 1.29 is 28.7 Å². The maximum absolute atomic E-state index is 12.0. The van der Waals surface area contributed by atoms with Crippen LogP contribution >= 0.6 is 0 Å². The minimum atomic E-state index is -0.400. The van der Waals surface area contributed by atoms with Crippen molar-refractivity contribution in [3.63, 3.8) is 0 Å². The Balaban J connectivity index is 0.970. The molecule has 5 rings (SSSR count). The number of rotatable bonds is 14. The van der Waals surface area contributed by atoms with E-state index < -0.39 is 12.1 Å². The first kappa shape index (κ1) is 32.3. The molecule has 0 heterocycles. The van der Waals surface area contributed by atoms with Crippen molar-refractivity contribution in [3.05, 3.63) is 131 Å². The molecule has 10 nitrogen and oxygen atoms in total. The highest BCUT2D eigenvalue weighted by molar-refractivity contribution is 5.73. The van der Waals surface area contributed by atoms with E-state index in [2.05, 4.69) is 21.6 Å². The molecule has 2 unspecified atom stereocenters. The Bertz CT molecular complexity index is 1370. The third kappa shape index (κ3) is 11.1. The van der Waals surface area contributed by atoms with Gasteiger partial charge in [-0.05, 0) is 65.8 Å². The number of benzene rings is 4. The van der Waals surface area contributed by atoms with Crippen LogP contribution in [-0.2, 0) is 36.0 Å². The molecule has 46 heavy (non-hydrogen) atoms. The number of hydroxylamine groups is 2. The highest BCUT2D eigenvalue weighted by Gasteiger charge is 2.25. The highest BCUT2D eigenvalue weighted by Crippen LogP contribution is 2.27. The number of hydrogen-bond donors (Lipinski definition) is 4. The lowest BCUT2D eigenvalue weighted by Crippen LogP contribution is -2.35. The van der Waals surface area contributed by atoms with Gasteiger partial charge in [-0.15, -0.1) is 0 Å². The van der Waals surface area contributed by atoms with Crippen molar-refractivity contribution in [1.29, 1.82) is 0 Å². The summed E-state index contributed by atoms with van der Waals surface area (Å²) in [5.74, 6) is 1.58. The van der Waals surface area contributed by atoms with Gasteiger partial charge in [-0.2, -0.15) is 0 Å². The molecular weight excluding hydrogens is 584 g/mol. The molecule has 10 heteroatoms. The third-order valence-electron chi connectivity index (χ3n) is 7.43. The second-order valence-corrected chi connectivity index (χ2v) is 11.1. The largest absolute Gasteiger partial charge is 0.490 e. The average Bonchev–Trinajstić information content (AvgIpc) is 3.09. The van der Waals surface area contributed by atoms with Crippen LogP contribution in [0.4, 0.5) is 9.59 Å². The minimum Gasteiger partial charge on any atom is -0.490 e. The Morgan fingerprint density at radius 3 is 1.37 bits per heavy atom. The maximum Gasteiger partial charge on any atom is 0.338 e. The van der Waals surface area contributed by atoms with Crippen LogP contribution in [0, 0.1) is 0 Å². The molecule has 0 aromatic heterocycles. The number of amides is 4. The standard InChI is InChI=1S/C36H40N4O6/c41-35(39-43-25-29-8-3-1-4-9-29)37-23-27-14-18-31(19-15-27)45-33-12-7-13-34(22-33)46-32-20-16-28(17-21-32)24-38-36(42)40-44-26-30-10-5-2-6-11-30/h1-6,8-11,14-21,33-34H,7,12-13,22-26H2,(H2,37,39,41)(H2,38,40,42). The van der Waals surface area contributed by atoms with E-state index in [1.54, 1.807) is 0 Å². The van der Waals surface area contributed by atoms with E-state index in [4.69, 9.17) is 19.1 Å². The number of nitrogens with one attached hydrogen (secondary N) is 4. The molecule has 4 aromatic rings. The summed E-state index contributed by atoms with van der Waals surface area (Å²) in [7, 11) is 0. The number of hydrogen-bond acceptors (Lipinski definition) is 6. The van der Waals surface area contributed by atoms with Crippen LogP contribution in [0.15, 0.2) is 109 Å². The fraction of sp³-hybridized carbons (Fsp3) is 0.278. The van der Waals surface area contributed by atoms with Gasteiger partial charge in [0, 0.05) is 19.5 Å². The lowest BCUT2D eigenvalue weighted by Gasteiger charge is -2.30. The summed E-state index contributed by atoms with van der Waals surface area (Å²) in [5, 5.41) is 5.57. The van der Waals surface area contributed by atoms with E-state index >= 15 is 0 Å². The Morgan fingerprint density at radius 2 is 0.957 bits per heavy atom. The van der Waals surface area contributed by atoms with Gasteiger partial charge < -0.3 is 20.1 Å². The SMILES string of the molecule is O=C(NCc1ccc(OC2CCCC(Oc3ccc(CNC(=O)NOCc4ccccc4)cc3)C2)cc1)NOCc1ccccc1. The van der Waals surface area contributed by atoms with Gasteiger partial charge in [-0.25, -0.2) is 20.5 Å². The Hall–Kier alpha value is -5.06. The van der Waals surface area contributed by atoms with E-state index in [-0.39, 0.29) is 12.2 Å². The summed E-state index contributed by atoms with van der Waals surface area (Å²) in [6, 6.07) is 33.9. The van der Waals surface area contributed by atoms with Crippen LogP contribution < -0.4 is 31.1 Å². The summed E-state index contributed by atoms with van der Waals surface area (Å²) in [5.41, 5.74) is 8.65. The fourth-order valence-electron chi connectivity index (χ4n) is 5.03. The monoisotopic (exact) mass is 624 g/mol. The van der Waals surface area contributed by atoms with Crippen LogP contribution in [0.1, 0.15) is 47.9 Å². The van der Waals surface area contributed by atoms with E-state index in [1.807, 2.05) is 109 Å². The van der Waals surface area contributed by atoms with Crippen LogP contribution in [0.25, 0.3) is 0 Å². The van der Waals surface area contributed by atoms with Gasteiger partial charge in [-0.1, -0.05) is 84.9 Å². The first-order valence-corrected chi connectivity index (χ1v) is 15.5. The zero-order valence-corrected chi connectivity index (χ0v) is 25.7. The third-order valence-corrected chi connectivity index (χ3v) is 7.43. The second-order valence-electron chi connectivity index (χ2n) is 11.1. The molecule has 1 saturated carbocycles. The number of carbonyl (C=O) groups is 2. The molecule has 1 aliphatic rings. The highest BCUT2D eigenvalue weighted by atomic mass is 16.7. The molecule has 1 aliphatic carbocycles. The smallest absolute Gasteiger partial charge is 0.338 e. The summed E-state index contributed by atoms with van der Waals surface area (Å²) < 4.78 is 12.5. The van der Waals surface area contributed by atoms with Crippen LogP contribution in [0.3, 0.4) is 0 Å². The van der Waals surface area contributed by atoms with Gasteiger partial charge in [0.25, 0.3) is 0 Å². The van der Waals surface area contributed by atoms with Crippen molar-refractivity contribution in [2.24, 2.45) is 0 Å². The van der Waals surface area contributed by atoms with Gasteiger partial charge in [-0.3, -0.25) is 9.68 Å². The molecule has 0 aliphatic heterocycles. The summed E-state index contributed by atoms with van der Waals surface area (Å²) in [6.45, 7) is 1.33. The zero-order chi connectivity index (χ0) is 31.8. The predicted molar refractivity (Wildman–Crippen MR) is 173 cm³/mol. The Morgan fingerprint density at radius 1 is 0.543 bits per heavy atom. The van der Waals surface area contributed by atoms with Crippen LogP contribution in [0.5, 0.6) is 11.5 Å². The van der Waals surface area contributed by atoms with Crippen LogP contribution in [0.2, 0.25) is 0 Å². The topological polar surface area (TPSA) is 119 Å². The summed E-state index contributed by atoms with van der Waals surface area (Å²) >= 11 is 0. The number of carbonyl (C=O) groups excluding carboxylic acids is 2. The van der Waals surface area contributed by atoms with E-state index in [1.165, 1.54) is 0 Å². The fourth-order valence-corrected chi connectivity index (χ4v) is 5.03. The lowest BCUT2D eigenvalue weighted by molar-refractivity contribution is 0.0489. The normalized spacial score (nSPS) is 15.7. The van der Waals surface area contributed by atoms with E-state index in [9.17, 15) is 9.59 Å². The van der Waals surface area contributed by atoms with Gasteiger partial charge in [0.1, 0.15) is 23.7 Å². The number of ether oxygens (including phenoxy) is 2. The van der Waals surface area contributed by atoms with Crippen molar-refractivity contribution in [2.75, 3.05) is 0 Å². The van der Waals surface area contributed by atoms with E-state index in [0.717, 1.165) is 59.4 Å². The second kappa shape index (κ2) is 17.4. The molecule has 240 valence electrons. The van der Waals surface area contributed by atoms with Gasteiger partial charge in [0.05, 0.1) is 13.2 Å². The molecule has 2 atom stereocenters.